The number of aromatic amines is 1. The van der Waals surface area contributed by atoms with Crippen LogP contribution in [-0.4, -0.2) is 37.9 Å². The molecule has 2 aliphatic rings. The number of H-pyrrole nitrogens is 1. The number of thioether (sulfide) groups is 1. The molecule has 41 heavy (non-hydrogen) atoms. The molecule has 3 aromatic rings. The smallest absolute Gasteiger partial charge is 0.416 e. The van der Waals surface area contributed by atoms with E-state index in [1.54, 1.807) is 0 Å². The van der Waals surface area contributed by atoms with Crippen LogP contribution in [0.5, 0.6) is 0 Å². The van der Waals surface area contributed by atoms with Crippen LogP contribution in [-0.2, 0) is 44.6 Å². The predicted molar refractivity (Wildman–Crippen MR) is 131 cm³/mol. The fourth-order valence-electron chi connectivity index (χ4n) is 5.31. The Labute approximate surface area is 233 Å². The minimum atomic E-state index is -4.57. The fraction of sp³-hybridized carbons (Fsp3) is 0.385. The lowest BCUT2D eigenvalue weighted by atomic mass is 9.91. The number of hydrogen-bond donors (Lipinski definition) is 2. The molecule has 1 heterocycles. The average Bonchev–Trinajstić information content (AvgIpc) is 3.34. The van der Waals surface area contributed by atoms with Crippen LogP contribution in [0.3, 0.4) is 0 Å². The van der Waals surface area contributed by atoms with Crippen molar-refractivity contribution in [1.29, 1.82) is 0 Å². The Morgan fingerprint density at radius 1 is 0.976 bits per heavy atom. The topological polar surface area (TPSA) is 120 Å². The maximum Gasteiger partial charge on any atom is 0.416 e. The number of carbonyl (C=O) groups is 2. The number of esters is 2. The number of nitrogens with one attached hydrogen (secondary N) is 1. The highest BCUT2D eigenvalue weighted by Crippen LogP contribution is 2.65. The molecule has 3 N–H and O–H groups in total. The molecule has 218 valence electrons. The third-order valence-electron chi connectivity index (χ3n) is 7.21. The second kappa shape index (κ2) is 10.7. The number of nitrogens with two attached hydrogens (primary N) is 1. The second-order valence-corrected chi connectivity index (χ2v) is 11.1. The van der Waals surface area contributed by atoms with Crippen molar-refractivity contribution in [2.75, 3.05) is 0 Å². The number of benzene rings is 2. The van der Waals surface area contributed by atoms with Gasteiger partial charge in [0.1, 0.15) is 25.1 Å². The summed E-state index contributed by atoms with van der Waals surface area (Å²) in [5.74, 6) is -3.63. The van der Waals surface area contributed by atoms with E-state index in [1.165, 1.54) is 42.4 Å². The summed E-state index contributed by atoms with van der Waals surface area (Å²) in [7, 11) is 0. The van der Waals surface area contributed by atoms with Crippen LogP contribution in [0.25, 0.3) is 0 Å². The molecule has 0 aliphatic heterocycles. The molecule has 0 spiro atoms. The van der Waals surface area contributed by atoms with Crippen molar-refractivity contribution >= 4 is 23.7 Å². The lowest BCUT2D eigenvalue weighted by Gasteiger charge is -2.27. The van der Waals surface area contributed by atoms with Gasteiger partial charge in [-0.25, -0.2) is 4.98 Å². The van der Waals surface area contributed by atoms with E-state index in [4.69, 9.17) is 15.2 Å². The van der Waals surface area contributed by atoms with Gasteiger partial charge in [0.25, 0.3) is 0 Å². The summed E-state index contributed by atoms with van der Waals surface area (Å²) in [5, 5.41) is 6.47. The summed E-state index contributed by atoms with van der Waals surface area (Å²) in [6, 6.07) is 8.68. The van der Waals surface area contributed by atoms with Gasteiger partial charge >= 0.3 is 24.3 Å². The molecule has 2 fully saturated rings. The van der Waals surface area contributed by atoms with E-state index in [9.17, 15) is 35.9 Å². The first-order chi connectivity index (χ1) is 19.3. The van der Waals surface area contributed by atoms with Crippen LogP contribution >= 0.6 is 11.8 Å². The zero-order chi connectivity index (χ0) is 29.6. The number of aromatic nitrogens is 3. The van der Waals surface area contributed by atoms with Crippen molar-refractivity contribution in [3.05, 3.63) is 77.1 Å². The van der Waals surface area contributed by atoms with E-state index < -0.39 is 77.2 Å². The largest absolute Gasteiger partial charge is 0.461 e. The molecule has 2 aliphatic carbocycles. The Morgan fingerprint density at radius 2 is 1.56 bits per heavy atom. The minimum absolute atomic E-state index is 0.0759. The lowest BCUT2D eigenvalue weighted by Crippen LogP contribution is -2.51. The monoisotopic (exact) mass is 600 g/mol. The molecular weight excluding hydrogens is 578 g/mol. The van der Waals surface area contributed by atoms with Gasteiger partial charge in [0, 0.05) is 11.2 Å². The van der Waals surface area contributed by atoms with Gasteiger partial charge in [0.15, 0.2) is 5.16 Å². The van der Waals surface area contributed by atoms with E-state index >= 15 is 0 Å². The number of nitrogens with zero attached hydrogens (tertiary/aromatic N) is 2. The first-order valence-corrected chi connectivity index (χ1v) is 13.1. The first kappa shape index (κ1) is 28.9. The number of ether oxygens (including phenoxy) is 2. The van der Waals surface area contributed by atoms with Crippen molar-refractivity contribution in [1.82, 2.24) is 15.2 Å². The Morgan fingerprint density at radius 3 is 2.10 bits per heavy atom. The predicted octanol–water partition coefficient (Wildman–Crippen LogP) is 4.75. The zero-order valence-electron chi connectivity index (χ0n) is 20.9. The highest BCUT2D eigenvalue weighted by Gasteiger charge is 2.74. The number of halogens is 6. The number of hydrogen-bond acceptors (Lipinski definition) is 8. The van der Waals surface area contributed by atoms with Crippen LogP contribution in [0.2, 0.25) is 0 Å². The van der Waals surface area contributed by atoms with Gasteiger partial charge < -0.3 is 15.2 Å². The van der Waals surface area contributed by atoms with Gasteiger partial charge in [-0.2, -0.15) is 31.4 Å². The van der Waals surface area contributed by atoms with Gasteiger partial charge in [-0.05, 0) is 47.7 Å². The number of fused-ring (bicyclic) bond motifs is 1. The van der Waals surface area contributed by atoms with Crippen LogP contribution < -0.4 is 5.73 Å². The van der Waals surface area contributed by atoms with Gasteiger partial charge in [-0.1, -0.05) is 36.0 Å². The lowest BCUT2D eigenvalue weighted by molar-refractivity contribution is -0.153. The molecule has 5 unspecified atom stereocenters. The van der Waals surface area contributed by atoms with E-state index in [-0.39, 0.29) is 17.5 Å². The minimum Gasteiger partial charge on any atom is -0.461 e. The van der Waals surface area contributed by atoms with Crippen LogP contribution in [0.4, 0.5) is 26.3 Å². The standard InChI is InChI=1S/C26H22F6N4O4S/c27-25(28,29)15-5-1-3-13(7-15)10-39-21(37)19-18-17(41-23-34-12-35-36-23)9-24(33,20(18)19)22(38)40-11-14-4-2-6-16(8-14)26(30,31)32/h1-8,12,17-20H,9-11,33H2,(H,34,35,36). The summed E-state index contributed by atoms with van der Waals surface area (Å²) in [6.07, 6.45) is -7.78. The Kier molecular flexibility index (Phi) is 7.53. The van der Waals surface area contributed by atoms with Crippen LogP contribution in [0.15, 0.2) is 60.0 Å². The molecule has 0 radical (unpaired) electrons. The third kappa shape index (κ3) is 6.05. The molecule has 2 saturated carbocycles. The van der Waals surface area contributed by atoms with Crippen molar-refractivity contribution in [3.63, 3.8) is 0 Å². The summed E-state index contributed by atoms with van der Waals surface area (Å²) in [6.45, 7) is -0.889. The summed E-state index contributed by atoms with van der Waals surface area (Å²) >= 11 is 1.21. The molecule has 1 aromatic heterocycles. The van der Waals surface area contributed by atoms with Crippen molar-refractivity contribution < 1.29 is 45.4 Å². The summed E-state index contributed by atoms with van der Waals surface area (Å²) in [5.41, 5.74) is 3.31. The maximum absolute atomic E-state index is 13.2. The molecule has 8 nitrogen and oxygen atoms in total. The Hall–Kier alpha value is -3.59. The number of alkyl halides is 6. The molecule has 0 bridgehead atoms. The van der Waals surface area contributed by atoms with Gasteiger partial charge in [0.2, 0.25) is 0 Å². The number of carbonyl (C=O) groups excluding carboxylic acids is 2. The van der Waals surface area contributed by atoms with Gasteiger partial charge in [-0.15, -0.1) is 0 Å². The Bertz CT molecular complexity index is 1430. The molecule has 15 heteroatoms. The summed E-state index contributed by atoms with van der Waals surface area (Å²) in [4.78, 5) is 30.3. The van der Waals surface area contributed by atoms with Crippen molar-refractivity contribution in [2.45, 2.75) is 47.9 Å². The Balaban J connectivity index is 1.29. The molecule has 0 saturated heterocycles. The molecule has 0 amide bonds. The normalized spacial score (nSPS) is 25.4. The van der Waals surface area contributed by atoms with Crippen LogP contribution in [0.1, 0.15) is 28.7 Å². The SMILES string of the molecule is NC1(C(=O)OCc2cccc(C(F)(F)F)c2)CC(Sc2ncn[nH]2)C2C(C(=O)OCc3cccc(C(F)(F)F)c3)C21. The van der Waals surface area contributed by atoms with E-state index in [2.05, 4.69) is 15.2 Å². The third-order valence-corrected chi connectivity index (χ3v) is 8.41. The molecule has 5 rings (SSSR count). The molecule has 2 aromatic carbocycles. The highest BCUT2D eigenvalue weighted by molar-refractivity contribution is 7.99. The van der Waals surface area contributed by atoms with Gasteiger partial charge in [-0.3, -0.25) is 14.7 Å². The summed E-state index contributed by atoms with van der Waals surface area (Å²) < 4.78 is 88.9. The number of rotatable bonds is 8. The fourth-order valence-corrected chi connectivity index (χ4v) is 6.67. The maximum atomic E-state index is 13.2. The van der Waals surface area contributed by atoms with E-state index in [0.717, 1.165) is 24.3 Å². The van der Waals surface area contributed by atoms with Gasteiger partial charge in [0.05, 0.1) is 17.0 Å². The van der Waals surface area contributed by atoms with Crippen molar-refractivity contribution in [2.24, 2.45) is 23.5 Å². The first-order valence-electron chi connectivity index (χ1n) is 12.2. The van der Waals surface area contributed by atoms with E-state index in [1.807, 2.05) is 0 Å². The second-order valence-electron chi connectivity index (χ2n) is 9.90. The quantitative estimate of drug-likeness (QED) is 0.281. The van der Waals surface area contributed by atoms with E-state index in [0.29, 0.717) is 5.16 Å². The average molecular weight is 601 g/mol. The van der Waals surface area contributed by atoms with Crippen molar-refractivity contribution in [3.8, 4) is 0 Å². The van der Waals surface area contributed by atoms with Crippen LogP contribution in [0, 0.1) is 17.8 Å². The zero-order valence-corrected chi connectivity index (χ0v) is 21.7. The molecule has 5 atom stereocenters. The highest BCUT2D eigenvalue weighted by atomic mass is 32.2. The molecular formula is C26H22F6N4O4S.